The Balaban J connectivity index is 1.20. The number of fused-ring (bicyclic) bond motifs is 1. The third-order valence-electron chi connectivity index (χ3n) is 7.03. The van der Waals surface area contributed by atoms with Crippen molar-refractivity contribution in [3.05, 3.63) is 100 Å². The molecule has 3 aromatic carbocycles. The zero-order chi connectivity index (χ0) is 21.9. The maximum absolute atomic E-state index is 12.8. The molecule has 3 nitrogen and oxygen atoms in total. The van der Waals surface area contributed by atoms with Gasteiger partial charge >= 0.3 is 0 Å². The van der Waals surface area contributed by atoms with Crippen molar-refractivity contribution in [1.82, 2.24) is 4.90 Å². The average Bonchev–Trinajstić information content (AvgIpc) is 3.14. The van der Waals surface area contributed by atoms with Crippen molar-refractivity contribution in [1.29, 1.82) is 0 Å². The van der Waals surface area contributed by atoms with Gasteiger partial charge in [-0.1, -0.05) is 73.4 Å². The van der Waals surface area contributed by atoms with Gasteiger partial charge in [0.05, 0.1) is 0 Å². The Bertz CT molecular complexity index is 1080. The van der Waals surface area contributed by atoms with Crippen LogP contribution in [0.4, 0.5) is 5.69 Å². The molecule has 3 heteroatoms. The van der Waals surface area contributed by atoms with E-state index in [-0.39, 0.29) is 5.91 Å². The normalized spacial score (nSPS) is 16.3. The minimum absolute atomic E-state index is 0.130. The molecule has 164 valence electrons. The quantitative estimate of drug-likeness (QED) is 0.471. The zero-order valence-electron chi connectivity index (χ0n) is 18.9. The molecule has 0 atom stereocenters. The van der Waals surface area contributed by atoms with Crippen molar-refractivity contribution in [3.63, 3.8) is 0 Å². The SMILES string of the molecule is Cc1ccc(CN2Cc3cc(NCc4ccc(C5CCCCC5)cc4)ccc3C2=O)cc1. The predicted octanol–water partition coefficient (Wildman–Crippen LogP) is 6.81. The van der Waals surface area contributed by atoms with E-state index in [1.165, 1.54) is 54.4 Å². The minimum Gasteiger partial charge on any atom is -0.381 e. The number of nitrogens with one attached hydrogen (secondary N) is 1. The number of carbonyl (C=O) groups is 1. The Hall–Kier alpha value is -3.07. The lowest BCUT2D eigenvalue weighted by Gasteiger charge is -2.22. The second kappa shape index (κ2) is 9.20. The van der Waals surface area contributed by atoms with Crippen LogP contribution in [0.5, 0.6) is 0 Å². The molecule has 2 aliphatic rings. The van der Waals surface area contributed by atoms with Gasteiger partial charge in [-0.25, -0.2) is 0 Å². The summed E-state index contributed by atoms with van der Waals surface area (Å²) in [5, 5.41) is 3.55. The number of hydrogen-bond acceptors (Lipinski definition) is 2. The average molecular weight is 425 g/mol. The standard InChI is InChI=1S/C29H32N2O/c1-21-7-9-23(10-8-21)19-31-20-26-17-27(15-16-28(26)29(31)32)30-18-22-11-13-25(14-12-22)24-5-3-2-4-6-24/h7-17,24,30H,2-6,18-20H2,1H3. The van der Waals surface area contributed by atoms with Crippen LogP contribution in [0, 0.1) is 6.92 Å². The van der Waals surface area contributed by atoms with E-state index in [4.69, 9.17) is 0 Å². The monoisotopic (exact) mass is 424 g/mol. The number of rotatable bonds is 6. The summed E-state index contributed by atoms with van der Waals surface area (Å²) in [6.07, 6.45) is 6.82. The Labute approximate surface area is 191 Å². The van der Waals surface area contributed by atoms with Crippen molar-refractivity contribution < 1.29 is 4.79 Å². The van der Waals surface area contributed by atoms with Gasteiger partial charge in [-0.05, 0) is 66.1 Å². The maximum atomic E-state index is 12.8. The molecule has 3 aromatic rings. The van der Waals surface area contributed by atoms with Crippen molar-refractivity contribution in [2.45, 2.75) is 64.6 Å². The fourth-order valence-corrected chi connectivity index (χ4v) is 5.08. The summed E-state index contributed by atoms with van der Waals surface area (Å²) in [4.78, 5) is 14.8. The van der Waals surface area contributed by atoms with Crippen LogP contribution < -0.4 is 5.32 Å². The van der Waals surface area contributed by atoms with Gasteiger partial charge in [0, 0.05) is 30.9 Å². The number of carbonyl (C=O) groups excluding carboxylic acids is 1. The molecule has 0 radical (unpaired) electrons. The Kier molecular flexibility index (Phi) is 5.98. The summed E-state index contributed by atoms with van der Waals surface area (Å²) < 4.78 is 0. The number of benzene rings is 3. The molecule has 0 spiro atoms. The molecule has 0 unspecified atom stereocenters. The van der Waals surface area contributed by atoms with Crippen molar-refractivity contribution in [2.75, 3.05) is 5.32 Å². The lowest BCUT2D eigenvalue weighted by Crippen LogP contribution is -2.23. The van der Waals surface area contributed by atoms with E-state index in [0.717, 1.165) is 29.3 Å². The highest BCUT2D eigenvalue weighted by Crippen LogP contribution is 2.33. The van der Waals surface area contributed by atoms with Crippen LogP contribution >= 0.6 is 0 Å². The van der Waals surface area contributed by atoms with Gasteiger partial charge in [0.25, 0.3) is 5.91 Å². The largest absolute Gasteiger partial charge is 0.381 e. The predicted molar refractivity (Wildman–Crippen MR) is 131 cm³/mol. The number of nitrogens with zero attached hydrogens (tertiary/aromatic N) is 1. The Morgan fingerprint density at radius 1 is 0.875 bits per heavy atom. The first-order valence-electron chi connectivity index (χ1n) is 12.0. The molecule has 5 rings (SSSR count). The zero-order valence-corrected chi connectivity index (χ0v) is 18.9. The van der Waals surface area contributed by atoms with Crippen LogP contribution in [0.1, 0.15) is 76.2 Å². The summed E-state index contributed by atoms with van der Waals surface area (Å²) in [5.41, 5.74) is 8.22. The molecule has 1 saturated carbocycles. The Morgan fingerprint density at radius 3 is 2.34 bits per heavy atom. The highest BCUT2D eigenvalue weighted by Gasteiger charge is 2.27. The molecule has 1 heterocycles. The molecule has 1 N–H and O–H groups in total. The van der Waals surface area contributed by atoms with Gasteiger partial charge in [0.15, 0.2) is 0 Å². The van der Waals surface area contributed by atoms with Gasteiger partial charge < -0.3 is 10.2 Å². The number of aryl methyl sites for hydroxylation is 1. The molecule has 32 heavy (non-hydrogen) atoms. The summed E-state index contributed by atoms with van der Waals surface area (Å²) in [5.74, 6) is 0.883. The van der Waals surface area contributed by atoms with Crippen LogP contribution in [0.25, 0.3) is 0 Å². The Morgan fingerprint density at radius 2 is 1.59 bits per heavy atom. The molecular formula is C29H32N2O. The van der Waals surface area contributed by atoms with Crippen LogP contribution in [-0.2, 0) is 19.6 Å². The highest BCUT2D eigenvalue weighted by atomic mass is 16.2. The van der Waals surface area contributed by atoms with Gasteiger partial charge in [0.1, 0.15) is 0 Å². The lowest BCUT2D eigenvalue weighted by atomic mass is 9.84. The molecule has 0 saturated heterocycles. The number of anilines is 1. The topological polar surface area (TPSA) is 32.3 Å². The summed E-state index contributed by atoms with van der Waals surface area (Å²) in [7, 11) is 0. The lowest BCUT2D eigenvalue weighted by molar-refractivity contribution is 0.0766. The highest BCUT2D eigenvalue weighted by molar-refractivity contribution is 5.98. The van der Waals surface area contributed by atoms with E-state index in [2.05, 4.69) is 66.8 Å². The molecular weight excluding hydrogens is 392 g/mol. The van der Waals surface area contributed by atoms with Gasteiger partial charge in [-0.3, -0.25) is 4.79 Å². The molecule has 1 fully saturated rings. The molecule has 1 amide bonds. The fraction of sp³-hybridized carbons (Fsp3) is 0.345. The van der Waals surface area contributed by atoms with Crippen molar-refractivity contribution in [2.24, 2.45) is 0 Å². The third-order valence-corrected chi connectivity index (χ3v) is 7.03. The first kappa shape index (κ1) is 20.8. The van der Waals surface area contributed by atoms with E-state index >= 15 is 0 Å². The second-order valence-electron chi connectivity index (χ2n) is 9.45. The van der Waals surface area contributed by atoms with Gasteiger partial charge in [-0.15, -0.1) is 0 Å². The third kappa shape index (κ3) is 4.57. The van der Waals surface area contributed by atoms with E-state index in [9.17, 15) is 4.79 Å². The number of amides is 1. The van der Waals surface area contributed by atoms with E-state index in [0.29, 0.717) is 13.1 Å². The molecule has 1 aliphatic carbocycles. The van der Waals surface area contributed by atoms with Crippen molar-refractivity contribution >= 4 is 11.6 Å². The van der Waals surface area contributed by atoms with Crippen LogP contribution in [-0.4, -0.2) is 10.8 Å². The van der Waals surface area contributed by atoms with Crippen LogP contribution in [0.2, 0.25) is 0 Å². The van der Waals surface area contributed by atoms with Gasteiger partial charge in [0.2, 0.25) is 0 Å². The number of hydrogen-bond donors (Lipinski definition) is 1. The maximum Gasteiger partial charge on any atom is 0.254 e. The fourth-order valence-electron chi connectivity index (χ4n) is 5.08. The van der Waals surface area contributed by atoms with Crippen molar-refractivity contribution in [3.8, 4) is 0 Å². The molecule has 1 aliphatic heterocycles. The van der Waals surface area contributed by atoms with E-state index in [1.54, 1.807) is 0 Å². The summed E-state index contributed by atoms with van der Waals surface area (Å²) in [6.45, 7) is 4.21. The first-order valence-corrected chi connectivity index (χ1v) is 12.0. The van der Waals surface area contributed by atoms with Gasteiger partial charge in [-0.2, -0.15) is 0 Å². The van der Waals surface area contributed by atoms with E-state index in [1.807, 2.05) is 17.0 Å². The minimum atomic E-state index is 0.130. The van der Waals surface area contributed by atoms with Crippen LogP contribution in [0.3, 0.4) is 0 Å². The molecule has 0 bridgehead atoms. The molecule has 0 aromatic heterocycles. The van der Waals surface area contributed by atoms with E-state index < -0.39 is 0 Å². The second-order valence-corrected chi connectivity index (χ2v) is 9.45. The smallest absolute Gasteiger partial charge is 0.254 e. The van der Waals surface area contributed by atoms with Crippen LogP contribution in [0.15, 0.2) is 66.7 Å². The summed E-state index contributed by atoms with van der Waals surface area (Å²) >= 11 is 0. The summed E-state index contributed by atoms with van der Waals surface area (Å²) in [6, 6.07) is 23.7. The first-order chi connectivity index (χ1) is 15.7.